The van der Waals surface area contributed by atoms with Gasteiger partial charge < -0.3 is 5.32 Å². The first-order chi connectivity index (χ1) is 11.1. The lowest BCUT2D eigenvalue weighted by atomic mass is 10.1. The number of benzene rings is 1. The van der Waals surface area contributed by atoms with Gasteiger partial charge in [0.15, 0.2) is 0 Å². The van der Waals surface area contributed by atoms with Gasteiger partial charge in [-0.1, -0.05) is 69.2 Å². The summed E-state index contributed by atoms with van der Waals surface area (Å²) < 4.78 is -0.375. The van der Waals surface area contributed by atoms with Gasteiger partial charge in [0.25, 0.3) is 0 Å². The zero-order chi connectivity index (χ0) is 17.0. The van der Waals surface area contributed by atoms with Crippen LogP contribution in [0.5, 0.6) is 0 Å². The SMILES string of the molecule is CCCCCCCCCC[NH2+]CCC(S)(S)c1ccc(Cl)cc1. The molecule has 0 saturated carbocycles. The molecule has 0 atom stereocenters. The van der Waals surface area contributed by atoms with Crippen LogP contribution in [0.3, 0.4) is 0 Å². The van der Waals surface area contributed by atoms with E-state index in [9.17, 15) is 0 Å². The second kappa shape index (κ2) is 12.5. The molecule has 0 amide bonds. The third-order valence-corrected chi connectivity index (χ3v) is 5.48. The molecular weight excluding hydrogens is 342 g/mol. The van der Waals surface area contributed by atoms with E-state index in [4.69, 9.17) is 36.9 Å². The van der Waals surface area contributed by atoms with Gasteiger partial charge >= 0.3 is 0 Å². The van der Waals surface area contributed by atoms with Crippen molar-refractivity contribution in [2.75, 3.05) is 13.1 Å². The lowest BCUT2D eigenvalue weighted by Gasteiger charge is -2.22. The Morgan fingerprint density at radius 2 is 1.43 bits per heavy atom. The van der Waals surface area contributed by atoms with Crippen LogP contribution in [-0.4, -0.2) is 13.1 Å². The highest BCUT2D eigenvalue weighted by molar-refractivity contribution is 7.99. The Kier molecular flexibility index (Phi) is 11.5. The molecule has 132 valence electrons. The van der Waals surface area contributed by atoms with Crippen molar-refractivity contribution in [1.29, 1.82) is 0 Å². The lowest BCUT2D eigenvalue weighted by molar-refractivity contribution is -0.655. The Balaban J connectivity index is 2.02. The van der Waals surface area contributed by atoms with Crippen molar-refractivity contribution in [2.45, 2.75) is 68.8 Å². The first kappa shape index (κ1) is 21.2. The number of unbranched alkanes of at least 4 members (excludes halogenated alkanes) is 7. The van der Waals surface area contributed by atoms with Crippen molar-refractivity contribution >= 4 is 36.9 Å². The maximum absolute atomic E-state index is 5.93. The van der Waals surface area contributed by atoms with E-state index in [-0.39, 0.29) is 4.08 Å². The standard InChI is InChI=1S/C19H32ClNS2/c1-2-3-4-5-6-7-8-9-15-21-16-14-19(22,23)17-10-12-18(20)13-11-17/h10-13,21-23H,2-9,14-16H2,1H3/p+1. The van der Waals surface area contributed by atoms with Gasteiger partial charge in [-0.2, -0.15) is 25.3 Å². The largest absolute Gasteiger partial charge is 0.346 e. The molecular formula is C19H33ClNS2+. The van der Waals surface area contributed by atoms with E-state index in [2.05, 4.69) is 12.2 Å². The fourth-order valence-electron chi connectivity index (χ4n) is 2.73. The number of halogens is 1. The molecule has 0 bridgehead atoms. The van der Waals surface area contributed by atoms with Crippen molar-refractivity contribution in [3.63, 3.8) is 0 Å². The Morgan fingerprint density at radius 3 is 2.04 bits per heavy atom. The maximum Gasteiger partial charge on any atom is 0.0855 e. The summed E-state index contributed by atoms with van der Waals surface area (Å²) in [7, 11) is 0. The minimum absolute atomic E-state index is 0.375. The monoisotopic (exact) mass is 374 g/mol. The Labute approximate surface area is 158 Å². The first-order valence-corrected chi connectivity index (χ1v) is 10.4. The summed E-state index contributed by atoms with van der Waals surface area (Å²) >= 11 is 15.3. The van der Waals surface area contributed by atoms with Crippen molar-refractivity contribution in [3.05, 3.63) is 34.9 Å². The fraction of sp³-hybridized carbons (Fsp3) is 0.684. The van der Waals surface area contributed by atoms with Crippen LogP contribution >= 0.6 is 36.9 Å². The van der Waals surface area contributed by atoms with E-state index in [0.717, 1.165) is 23.6 Å². The molecule has 0 unspecified atom stereocenters. The molecule has 0 aliphatic heterocycles. The predicted molar refractivity (Wildman–Crippen MR) is 110 cm³/mol. The van der Waals surface area contributed by atoms with Crippen molar-refractivity contribution < 1.29 is 5.32 Å². The molecule has 0 spiro atoms. The molecule has 0 radical (unpaired) electrons. The van der Waals surface area contributed by atoms with Crippen molar-refractivity contribution in [3.8, 4) is 0 Å². The Bertz CT molecular complexity index is 406. The van der Waals surface area contributed by atoms with Crippen LogP contribution in [0.15, 0.2) is 24.3 Å². The number of rotatable bonds is 13. The number of hydrogen-bond acceptors (Lipinski definition) is 2. The van der Waals surface area contributed by atoms with Crippen LogP contribution in [0.1, 0.15) is 70.3 Å². The predicted octanol–water partition coefficient (Wildman–Crippen LogP) is 5.45. The molecule has 2 N–H and O–H groups in total. The second-order valence-electron chi connectivity index (χ2n) is 6.41. The summed E-state index contributed by atoms with van der Waals surface area (Å²) in [5.41, 5.74) is 1.12. The molecule has 0 aromatic heterocycles. The van der Waals surface area contributed by atoms with Gasteiger partial charge in [-0.15, -0.1) is 0 Å². The van der Waals surface area contributed by atoms with Crippen LogP contribution in [0.25, 0.3) is 0 Å². The van der Waals surface area contributed by atoms with E-state index in [1.807, 2.05) is 24.3 Å². The molecule has 1 aromatic rings. The normalized spacial score (nSPS) is 11.8. The van der Waals surface area contributed by atoms with E-state index in [1.54, 1.807) is 0 Å². The topological polar surface area (TPSA) is 16.6 Å². The molecule has 0 aliphatic carbocycles. The average molecular weight is 375 g/mol. The summed E-state index contributed by atoms with van der Waals surface area (Å²) in [6.45, 7) is 4.55. The zero-order valence-electron chi connectivity index (χ0n) is 14.4. The van der Waals surface area contributed by atoms with Gasteiger partial charge in [-0.05, 0) is 30.5 Å². The van der Waals surface area contributed by atoms with E-state index < -0.39 is 0 Å². The highest BCUT2D eigenvalue weighted by Gasteiger charge is 2.23. The average Bonchev–Trinajstić information content (AvgIpc) is 2.53. The molecule has 1 aromatic carbocycles. The molecule has 0 saturated heterocycles. The molecule has 0 fully saturated rings. The quantitative estimate of drug-likeness (QED) is 0.231. The number of nitrogens with two attached hydrogens (primary N) is 1. The third kappa shape index (κ3) is 9.91. The number of quaternary nitrogens is 1. The van der Waals surface area contributed by atoms with Gasteiger partial charge in [-0.3, -0.25) is 0 Å². The highest BCUT2D eigenvalue weighted by Crippen LogP contribution is 2.36. The van der Waals surface area contributed by atoms with Gasteiger partial charge in [0.2, 0.25) is 0 Å². The Hall–Kier alpha value is 0.170. The Morgan fingerprint density at radius 1 is 0.870 bits per heavy atom. The van der Waals surface area contributed by atoms with Crippen LogP contribution in [0, 0.1) is 0 Å². The molecule has 23 heavy (non-hydrogen) atoms. The second-order valence-corrected chi connectivity index (χ2v) is 8.73. The summed E-state index contributed by atoms with van der Waals surface area (Å²) in [6, 6.07) is 7.84. The first-order valence-electron chi connectivity index (χ1n) is 9.08. The van der Waals surface area contributed by atoms with Crippen molar-refractivity contribution in [2.24, 2.45) is 0 Å². The highest BCUT2D eigenvalue weighted by atomic mass is 35.5. The molecule has 0 aliphatic rings. The van der Waals surface area contributed by atoms with E-state index >= 15 is 0 Å². The smallest absolute Gasteiger partial charge is 0.0855 e. The van der Waals surface area contributed by atoms with Crippen LogP contribution in [0.2, 0.25) is 5.02 Å². The van der Waals surface area contributed by atoms with Gasteiger partial charge in [0, 0.05) is 11.4 Å². The van der Waals surface area contributed by atoms with Crippen LogP contribution in [0.4, 0.5) is 0 Å². The molecule has 0 heterocycles. The van der Waals surface area contributed by atoms with E-state index in [0.29, 0.717) is 0 Å². The number of thiol groups is 2. The minimum Gasteiger partial charge on any atom is -0.346 e. The lowest BCUT2D eigenvalue weighted by Crippen LogP contribution is -2.84. The molecule has 1 nitrogen and oxygen atoms in total. The van der Waals surface area contributed by atoms with Gasteiger partial charge in [0.1, 0.15) is 0 Å². The van der Waals surface area contributed by atoms with Gasteiger partial charge in [0.05, 0.1) is 17.2 Å². The molecule has 1 rings (SSSR count). The van der Waals surface area contributed by atoms with Gasteiger partial charge in [-0.25, -0.2) is 0 Å². The third-order valence-electron chi connectivity index (χ3n) is 4.27. The summed E-state index contributed by atoms with van der Waals surface area (Å²) in [4.78, 5) is 0. The maximum atomic E-state index is 5.93. The summed E-state index contributed by atoms with van der Waals surface area (Å²) in [6.07, 6.45) is 12.0. The summed E-state index contributed by atoms with van der Waals surface area (Å²) in [5, 5.41) is 3.15. The van der Waals surface area contributed by atoms with Crippen LogP contribution in [-0.2, 0) is 4.08 Å². The molecule has 4 heteroatoms. The van der Waals surface area contributed by atoms with Crippen LogP contribution < -0.4 is 5.32 Å². The fourth-order valence-corrected chi connectivity index (χ4v) is 3.41. The zero-order valence-corrected chi connectivity index (χ0v) is 17.0. The van der Waals surface area contributed by atoms with E-state index in [1.165, 1.54) is 57.9 Å². The number of hydrogen-bond donors (Lipinski definition) is 3. The summed E-state index contributed by atoms with van der Waals surface area (Å²) in [5.74, 6) is 0. The van der Waals surface area contributed by atoms with Crippen molar-refractivity contribution in [1.82, 2.24) is 0 Å². The minimum atomic E-state index is -0.375.